The molecule has 0 N–H and O–H groups in total. The first-order valence-electron chi connectivity index (χ1n) is 7.66. The van der Waals surface area contributed by atoms with Gasteiger partial charge in [-0.3, -0.25) is 4.98 Å². The topological polar surface area (TPSA) is 12.9 Å². The maximum atomic E-state index is 4.68. The van der Waals surface area contributed by atoms with E-state index in [1.165, 1.54) is 23.5 Å². The van der Waals surface area contributed by atoms with E-state index in [0.29, 0.717) is 17.5 Å². The van der Waals surface area contributed by atoms with Gasteiger partial charge in [0.05, 0.1) is 5.52 Å². The molecule has 0 unspecified atom stereocenters. The van der Waals surface area contributed by atoms with E-state index in [9.17, 15) is 0 Å². The zero-order valence-corrected chi connectivity index (χ0v) is 13.3. The highest BCUT2D eigenvalue weighted by atomic mass is 14.7. The summed E-state index contributed by atoms with van der Waals surface area (Å²) in [6, 6.07) is 10.9. The maximum absolute atomic E-state index is 4.68. The van der Waals surface area contributed by atoms with Gasteiger partial charge in [-0.1, -0.05) is 70.1 Å². The number of para-hydroxylation sites is 1. The predicted molar refractivity (Wildman–Crippen MR) is 92.5 cm³/mol. The minimum absolute atomic E-state index is 0.399. The van der Waals surface area contributed by atoms with Gasteiger partial charge in [0.1, 0.15) is 0 Å². The average Bonchev–Trinajstić information content (AvgIpc) is 2.57. The van der Waals surface area contributed by atoms with Gasteiger partial charge in [0, 0.05) is 0 Å². The second kappa shape index (κ2) is 4.38. The Kier molecular flexibility index (Phi) is 3.00. The predicted octanol–water partition coefficient (Wildman–Crippen LogP) is 2.26. The van der Waals surface area contributed by atoms with Crippen LogP contribution in [-0.2, 0) is 0 Å². The molecule has 0 aliphatic carbocycles. The molecule has 20 heavy (non-hydrogen) atoms. The van der Waals surface area contributed by atoms with Crippen LogP contribution in [0.2, 0.25) is 12.6 Å². The number of benzene rings is 1. The van der Waals surface area contributed by atoms with Crippen LogP contribution in [0.4, 0.5) is 0 Å². The third kappa shape index (κ3) is 2.08. The third-order valence-electron chi connectivity index (χ3n) is 5.66. The minimum Gasteiger partial charge on any atom is -0.264 e. The van der Waals surface area contributed by atoms with Crippen LogP contribution < -0.4 is 11.1 Å². The lowest BCUT2D eigenvalue weighted by atomic mass is 9.41. The van der Waals surface area contributed by atoms with E-state index in [0.717, 1.165) is 11.1 Å². The molecule has 1 saturated heterocycles. The molecular formula is C17H23B2N. The smallest absolute Gasteiger partial charge is 0.177 e. The molecule has 0 amide bonds. The number of rotatable bonds is 1. The molecule has 0 radical (unpaired) electrons. The first-order valence-corrected chi connectivity index (χ1v) is 7.66. The van der Waals surface area contributed by atoms with Gasteiger partial charge in [-0.15, -0.1) is 0 Å². The lowest BCUT2D eigenvalue weighted by Gasteiger charge is -2.35. The minimum atomic E-state index is 0.399. The Morgan fingerprint density at radius 3 is 2.30 bits per heavy atom. The van der Waals surface area contributed by atoms with Crippen molar-refractivity contribution in [1.82, 2.24) is 4.98 Å². The molecule has 0 bridgehead atoms. The Morgan fingerprint density at radius 1 is 1.05 bits per heavy atom. The Morgan fingerprint density at radius 2 is 1.65 bits per heavy atom. The molecule has 1 aliphatic heterocycles. The molecule has 0 spiro atoms. The van der Waals surface area contributed by atoms with E-state index in [1.54, 1.807) is 0 Å². The summed E-state index contributed by atoms with van der Waals surface area (Å²) in [6.07, 6.45) is 2.54. The molecule has 0 saturated carbocycles. The summed E-state index contributed by atoms with van der Waals surface area (Å²) >= 11 is 0. The molecule has 1 aliphatic rings. The molecule has 102 valence electrons. The largest absolute Gasteiger partial charge is 0.264 e. The van der Waals surface area contributed by atoms with Crippen molar-refractivity contribution in [2.75, 3.05) is 0 Å². The van der Waals surface area contributed by atoms with Gasteiger partial charge in [-0.2, -0.15) is 0 Å². The summed E-state index contributed by atoms with van der Waals surface area (Å²) in [6.45, 7) is 10.3. The van der Waals surface area contributed by atoms with Crippen LogP contribution in [0.25, 0.3) is 10.9 Å². The van der Waals surface area contributed by atoms with E-state index in [-0.39, 0.29) is 0 Å². The number of nitrogens with zero attached hydrogens (tertiary/aromatic N) is 1. The van der Waals surface area contributed by atoms with Crippen LogP contribution in [0.1, 0.15) is 27.7 Å². The van der Waals surface area contributed by atoms with Crippen molar-refractivity contribution >= 4 is 36.5 Å². The molecule has 1 nitrogen and oxygen atoms in total. The fourth-order valence-corrected chi connectivity index (χ4v) is 3.75. The van der Waals surface area contributed by atoms with Crippen LogP contribution in [0.3, 0.4) is 0 Å². The van der Waals surface area contributed by atoms with Crippen LogP contribution in [0, 0.1) is 10.8 Å². The fraction of sp³-hybridized carbons (Fsp3) is 0.471. The SMILES string of the molecule is Bc1cc(B2CC(C)(C)C(C)(C)C2)c2ccccc2n1. The Hall–Kier alpha value is -1.24. The molecular weight excluding hydrogens is 240 g/mol. The van der Waals surface area contributed by atoms with Gasteiger partial charge in [0.2, 0.25) is 0 Å². The molecule has 3 heteroatoms. The lowest BCUT2D eigenvalue weighted by molar-refractivity contribution is 0.177. The standard InChI is InChI=1S/C17H23B2N/c1-16(2)10-19(11-17(16,3)4)13-9-15(18)20-14-8-6-5-7-12(13)14/h5-9H,10-11,18H2,1-4H3. The van der Waals surface area contributed by atoms with Crippen LogP contribution in [0.15, 0.2) is 30.3 Å². The van der Waals surface area contributed by atoms with Crippen molar-refractivity contribution in [2.45, 2.75) is 40.3 Å². The molecule has 0 atom stereocenters. The molecule has 2 aromatic rings. The first-order chi connectivity index (χ1) is 9.30. The molecule has 1 aromatic carbocycles. The number of hydrogen-bond acceptors (Lipinski definition) is 1. The quantitative estimate of drug-likeness (QED) is 0.719. The second-order valence-electron chi connectivity index (χ2n) is 7.74. The van der Waals surface area contributed by atoms with Crippen molar-refractivity contribution in [2.24, 2.45) is 10.8 Å². The summed E-state index contributed by atoms with van der Waals surface area (Å²) in [5.74, 6) is 0. The van der Waals surface area contributed by atoms with Crippen LogP contribution >= 0.6 is 0 Å². The highest BCUT2D eigenvalue weighted by molar-refractivity contribution is 6.76. The summed E-state index contributed by atoms with van der Waals surface area (Å²) in [5, 5.41) is 1.34. The van der Waals surface area contributed by atoms with Gasteiger partial charge < -0.3 is 0 Å². The zero-order chi connectivity index (χ0) is 14.5. The van der Waals surface area contributed by atoms with E-state index in [2.05, 4.69) is 70.9 Å². The summed E-state index contributed by atoms with van der Waals surface area (Å²) < 4.78 is 0. The normalized spacial score (nSPS) is 20.5. The number of pyridine rings is 1. The molecule has 1 aromatic heterocycles. The van der Waals surface area contributed by atoms with Crippen molar-refractivity contribution in [3.63, 3.8) is 0 Å². The fourth-order valence-electron chi connectivity index (χ4n) is 3.75. The van der Waals surface area contributed by atoms with E-state index >= 15 is 0 Å². The Labute approximate surface area is 123 Å². The lowest BCUT2D eigenvalue weighted by Crippen LogP contribution is -2.32. The van der Waals surface area contributed by atoms with E-state index in [1.807, 2.05) is 0 Å². The van der Waals surface area contributed by atoms with Crippen molar-refractivity contribution in [3.8, 4) is 0 Å². The second-order valence-corrected chi connectivity index (χ2v) is 7.74. The Bertz CT molecular complexity index is 645. The molecule has 1 fully saturated rings. The highest BCUT2D eigenvalue weighted by Crippen LogP contribution is 2.52. The van der Waals surface area contributed by atoms with E-state index < -0.39 is 0 Å². The van der Waals surface area contributed by atoms with Gasteiger partial charge in [-0.05, 0) is 27.9 Å². The monoisotopic (exact) mass is 263 g/mol. The van der Waals surface area contributed by atoms with Gasteiger partial charge in [0.25, 0.3) is 0 Å². The first kappa shape index (κ1) is 13.7. The van der Waals surface area contributed by atoms with Crippen molar-refractivity contribution in [3.05, 3.63) is 30.3 Å². The number of aromatic nitrogens is 1. The number of fused-ring (bicyclic) bond motifs is 1. The van der Waals surface area contributed by atoms with Gasteiger partial charge >= 0.3 is 0 Å². The molecule has 2 heterocycles. The van der Waals surface area contributed by atoms with Crippen LogP contribution in [-0.4, -0.2) is 19.5 Å². The summed E-state index contributed by atoms with van der Waals surface area (Å²) in [4.78, 5) is 4.68. The Balaban J connectivity index is 2.12. The van der Waals surface area contributed by atoms with Crippen molar-refractivity contribution < 1.29 is 0 Å². The zero-order valence-electron chi connectivity index (χ0n) is 13.3. The third-order valence-corrected chi connectivity index (χ3v) is 5.66. The average molecular weight is 263 g/mol. The van der Waals surface area contributed by atoms with Crippen molar-refractivity contribution in [1.29, 1.82) is 0 Å². The highest BCUT2D eigenvalue weighted by Gasteiger charge is 2.48. The summed E-state index contributed by atoms with van der Waals surface area (Å²) in [7, 11) is 2.11. The maximum Gasteiger partial charge on any atom is 0.177 e. The number of hydrogen-bond donors (Lipinski definition) is 0. The van der Waals surface area contributed by atoms with Gasteiger partial charge in [0.15, 0.2) is 14.6 Å². The summed E-state index contributed by atoms with van der Waals surface area (Å²) in [5.41, 5.74) is 4.59. The van der Waals surface area contributed by atoms with Crippen LogP contribution in [0.5, 0.6) is 0 Å². The van der Waals surface area contributed by atoms with E-state index in [4.69, 9.17) is 0 Å². The van der Waals surface area contributed by atoms with Gasteiger partial charge in [-0.25, -0.2) is 0 Å². The molecule has 3 rings (SSSR count).